The molecule has 0 atom stereocenters. The Balaban J connectivity index is 1.22. The quantitative estimate of drug-likeness (QED) is 0.286. The number of hydrogen-bond donors (Lipinski definition) is 1. The van der Waals surface area contributed by atoms with Crippen LogP contribution < -0.4 is 14.4 Å². The number of nitrogens with one attached hydrogen (secondary N) is 1. The van der Waals surface area contributed by atoms with Crippen LogP contribution in [0.4, 0.5) is 15.2 Å². The molecular weight excluding hydrogens is 541 g/mol. The maximum absolute atomic E-state index is 13.1. The molecule has 0 spiro atoms. The summed E-state index contributed by atoms with van der Waals surface area (Å²) in [4.78, 5) is 28.3. The van der Waals surface area contributed by atoms with Gasteiger partial charge < -0.3 is 9.47 Å². The van der Waals surface area contributed by atoms with Crippen molar-refractivity contribution in [1.29, 1.82) is 0 Å². The highest BCUT2D eigenvalue weighted by atomic mass is 32.2. The molecule has 4 aromatic rings. The predicted molar refractivity (Wildman–Crippen MR) is 139 cm³/mol. The minimum absolute atomic E-state index is 0.227. The summed E-state index contributed by atoms with van der Waals surface area (Å²) in [6.45, 7) is -0.972. The zero-order valence-electron chi connectivity index (χ0n) is 19.3. The summed E-state index contributed by atoms with van der Waals surface area (Å²) in [6, 6.07) is 15.1. The van der Waals surface area contributed by atoms with Crippen LogP contribution in [0.1, 0.15) is 0 Å². The first kappa shape index (κ1) is 26.3. The van der Waals surface area contributed by atoms with Crippen LogP contribution in [-0.4, -0.2) is 45.5 Å². The van der Waals surface area contributed by atoms with E-state index in [0.29, 0.717) is 27.8 Å². The SMILES string of the molecule is CN(c1ccc(OCC(=O)OCC(=O)Nc2nc(-c3ccc(F)cc3)cs2)cc1)S(=O)(=O)c1cccs1. The molecule has 0 radical (unpaired) electrons. The van der Waals surface area contributed by atoms with Crippen LogP contribution in [0, 0.1) is 5.82 Å². The van der Waals surface area contributed by atoms with Gasteiger partial charge in [-0.3, -0.25) is 14.4 Å². The number of sulfonamides is 1. The Kier molecular flexibility index (Phi) is 8.16. The first-order valence-corrected chi connectivity index (χ1v) is 13.8. The van der Waals surface area contributed by atoms with Gasteiger partial charge in [-0.2, -0.15) is 0 Å². The maximum Gasteiger partial charge on any atom is 0.344 e. The fourth-order valence-corrected chi connectivity index (χ4v) is 6.10. The second-order valence-electron chi connectivity index (χ2n) is 7.44. The number of aromatic nitrogens is 1. The van der Waals surface area contributed by atoms with Gasteiger partial charge in [-0.15, -0.1) is 22.7 Å². The molecule has 0 aliphatic rings. The van der Waals surface area contributed by atoms with Crippen LogP contribution in [0.15, 0.2) is 75.6 Å². The Morgan fingerprint density at radius 3 is 2.43 bits per heavy atom. The minimum Gasteiger partial charge on any atom is -0.482 e. The van der Waals surface area contributed by atoms with Crippen molar-refractivity contribution in [2.24, 2.45) is 0 Å². The minimum atomic E-state index is -3.66. The fourth-order valence-electron chi connectivity index (χ4n) is 3.01. The molecule has 2 aromatic heterocycles. The lowest BCUT2D eigenvalue weighted by Crippen LogP contribution is -2.25. The lowest BCUT2D eigenvalue weighted by molar-refractivity contribution is -0.149. The average molecular weight is 562 g/mol. The van der Waals surface area contributed by atoms with Gasteiger partial charge in [-0.05, 0) is 60.0 Å². The Morgan fingerprint density at radius 2 is 1.76 bits per heavy atom. The van der Waals surface area contributed by atoms with Crippen molar-refractivity contribution in [3.63, 3.8) is 0 Å². The largest absolute Gasteiger partial charge is 0.482 e. The molecule has 1 amide bonds. The van der Waals surface area contributed by atoms with Crippen LogP contribution in [0.2, 0.25) is 0 Å². The lowest BCUT2D eigenvalue weighted by Gasteiger charge is -2.18. The maximum atomic E-state index is 13.1. The molecule has 9 nitrogen and oxygen atoms in total. The van der Waals surface area contributed by atoms with Gasteiger partial charge in [0.2, 0.25) is 0 Å². The van der Waals surface area contributed by atoms with Gasteiger partial charge in [0, 0.05) is 18.0 Å². The molecule has 0 fully saturated rings. The smallest absolute Gasteiger partial charge is 0.344 e. The number of ether oxygens (including phenoxy) is 2. The van der Waals surface area contributed by atoms with Crippen molar-refractivity contribution in [1.82, 2.24) is 4.98 Å². The molecule has 0 saturated heterocycles. The van der Waals surface area contributed by atoms with Crippen LogP contribution in [-0.2, 0) is 24.3 Å². The number of nitrogens with zero attached hydrogens (tertiary/aromatic N) is 2. The van der Waals surface area contributed by atoms with Crippen LogP contribution >= 0.6 is 22.7 Å². The number of esters is 1. The van der Waals surface area contributed by atoms with E-state index in [1.165, 1.54) is 48.7 Å². The number of hydrogen-bond acceptors (Lipinski definition) is 9. The summed E-state index contributed by atoms with van der Waals surface area (Å²) in [5.74, 6) is -1.37. The molecule has 2 heterocycles. The van der Waals surface area contributed by atoms with E-state index in [2.05, 4.69) is 10.3 Å². The highest BCUT2D eigenvalue weighted by molar-refractivity contribution is 7.94. The van der Waals surface area contributed by atoms with Gasteiger partial charge in [-0.25, -0.2) is 22.6 Å². The second kappa shape index (κ2) is 11.5. The molecule has 0 aliphatic carbocycles. The van der Waals surface area contributed by atoms with Gasteiger partial charge in [0.1, 0.15) is 15.8 Å². The van der Waals surface area contributed by atoms with E-state index in [1.807, 2.05) is 0 Å². The normalized spacial score (nSPS) is 11.1. The van der Waals surface area contributed by atoms with Gasteiger partial charge in [-0.1, -0.05) is 6.07 Å². The van der Waals surface area contributed by atoms with Gasteiger partial charge >= 0.3 is 5.97 Å². The number of amides is 1. The molecule has 13 heteroatoms. The summed E-state index contributed by atoms with van der Waals surface area (Å²) < 4.78 is 49.9. The predicted octanol–water partition coefficient (Wildman–Crippen LogP) is 4.40. The lowest BCUT2D eigenvalue weighted by atomic mass is 10.2. The van der Waals surface area contributed by atoms with Crippen molar-refractivity contribution in [2.45, 2.75) is 4.21 Å². The number of carbonyl (C=O) groups excluding carboxylic acids is 2. The molecule has 37 heavy (non-hydrogen) atoms. The Labute approximate surface area is 220 Å². The summed E-state index contributed by atoms with van der Waals surface area (Å²) in [5, 5.41) is 6.24. The standard InChI is InChI=1S/C24H20FN3O6S3/c1-28(37(31,32)23-3-2-12-35-23)18-8-10-19(11-9-18)33-14-22(30)34-13-21(29)27-24-26-20(15-36-24)16-4-6-17(25)7-5-16/h2-12,15H,13-14H2,1H3,(H,26,27,29). The molecular formula is C24H20FN3O6S3. The molecule has 2 aromatic carbocycles. The van der Waals surface area contributed by atoms with E-state index >= 15 is 0 Å². The third kappa shape index (κ3) is 6.70. The van der Waals surface area contributed by atoms with E-state index in [0.717, 1.165) is 15.6 Å². The third-order valence-electron chi connectivity index (χ3n) is 4.92. The van der Waals surface area contributed by atoms with Crippen molar-refractivity contribution < 1.29 is 31.9 Å². The van der Waals surface area contributed by atoms with Gasteiger partial charge in [0.25, 0.3) is 15.9 Å². The first-order valence-electron chi connectivity index (χ1n) is 10.6. The summed E-state index contributed by atoms with van der Waals surface area (Å²) in [7, 11) is -2.21. The Bertz CT molecular complexity index is 1470. The summed E-state index contributed by atoms with van der Waals surface area (Å²) in [6.07, 6.45) is 0. The first-order chi connectivity index (χ1) is 17.7. The zero-order valence-corrected chi connectivity index (χ0v) is 21.7. The molecule has 0 unspecified atom stereocenters. The highest BCUT2D eigenvalue weighted by Gasteiger charge is 2.22. The number of thiazole rings is 1. The van der Waals surface area contributed by atoms with Gasteiger partial charge in [0.05, 0.1) is 11.4 Å². The summed E-state index contributed by atoms with van der Waals surface area (Å²) >= 11 is 2.31. The van der Waals surface area contributed by atoms with Crippen molar-refractivity contribution in [2.75, 3.05) is 29.9 Å². The average Bonchev–Trinajstić information content (AvgIpc) is 3.60. The molecule has 4 rings (SSSR count). The number of halogens is 1. The molecule has 0 bridgehead atoms. The zero-order chi connectivity index (χ0) is 26.4. The molecule has 0 aliphatic heterocycles. The van der Waals surface area contributed by atoms with Crippen molar-refractivity contribution in [3.05, 3.63) is 77.2 Å². The van der Waals surface area contributed by atoms with E-state index in [1.54, 1.807) is 41.1 Å². The molecule has 0 saturated carbocycles. The second-order valence-corrected chi connectivity index (χ2v) is 11.4. The van der Waals surface area contributed by atoms with E-state index in [9.17, 15) is 22.4 Å². The fraction of sp³-hybridized carbons (Fsp3) is 0.125. The van der Waals surface area contributed by atoms with Crippen LogP contribution in [0.25, 0.3) is 11.3 Å². The summed E-state index contributed by atoms with van der Waals surface area (Å²) in [5.41, 5.74) is 1.70. The highest BCUT2D eigenvalue weighted by Crippen LogP contribution is 2.27. The van der Waals surface area contributed by atoms with Crippen molar-refractivity contribution in [3.8, 4) is 17.0 Å². The Hall–Kier alpha value is -3.81. The molecule has 192 valence electrons. The number of anilines is 2. The third-order valence-corrected chi connectivity index (χ3v) is 8.84. The van der Waals surface area contributed by atoms with Crippen molar-refractivity contribution >= 4 is 55.4 Å². The van der Waals surface area contributed by atoms with Gasteiger partial charge in [0.15, 0.2) is 18.3 Å². The number of thiophene rings is 1. The molecule has 1 N–H and O–H groups in total. The van der Waals surface area contributed by atoms with Crippen LogP contribution in [0.3, 0.4) is 0 Å². The Morgan fingerprint density at radius 1 is 1.03 bits per heavy atom. The van der Waals surface area contributed by atoms with E-state index in [4.69, 9.17) is 9.47 Å². The topological polar surface area (TPSA) is 115 Å². The number of rotatable bonds is 10. The monoisotopic (exact) mass is 561 g/mol. The van der Waals surface area contributed by atoms with E-state index in [-0.39, 0.29) is 10.0 Å². The van der Waals surface area contributed by atoms with E-state index < -0.39 is 35.1 Å². The van der Waals surface area contributed by atoms with Crippen LogP contribution in [0.5, 0.6) is 5.75 Å². The number of carbonyl (C=O) groups is 2. The number of benzene rings is 2.